The Hall–Kier alpha value is -3.71. The molecule has 0 unspecified atom stereocenters. The van der Waals surface area contributed by atoms with E-state index in [-0.39, 0.29) is 12.5 Å². The average Bonchev–Trinajstić information content (AvgIpc) is 3.08. The number of fused-ring (bicyclic) bond motifs is 1. The summed E-state index contributed by atoms with van der Waals surface area (Å²) in [5, 5.41) is 4.86. The Morgan fingerprint density at radius 2 is 1.56 bits per heavy atom. The summed E-state index contributed by atoms with van der Waals surface area (Å²) in [6.07, 6.45) is 0. The molecule has 0 spiro atoms. The van der Waals surface area contributed by atoms with Crippen LogP contribution >= 0.6 is 0 Å². The van der Waals surface area contributed by atoms with Gasteiger partial charge < -0.3 is 10.2 Å². The molecule has 2 aliphatic heterocycles. The maximum Gasteiger partial charge on any atom is 0.325 e. The molecule has 3 aromatic rings. The normalized spacial score (nSPS) is 21.2. The highest BCUT2D eigenvalue weighted by Gasteiger charge is 2.49. The average molecular weight is 457 g/mol. The maximum atomic E-state index is 13.3. The van der Waals surface area contributed by atoms with E-state index >= 15 is 0 Å². The zero-order valence-electron chi connectivity index (χ0n) is 19.2. The van der Waals surface area contributed by atoms with Gasteiger partial charge in [-0.1, -0.05) is 66.7 Å². The van der Waals surface area contributed by atoms with Crippen molar-refractivity contribution in [2.45, 2.75) is 19.0 Å². The molecule has 7 heteroatoms. The number of amides is 4. The van der Waals surface area contributed by atoms with E-state index in [4.69, 9.17) is 0 Å². The fourth-order valence-electron chi connectivity index (χ4n) is 4.77. The number of rotatable bonds is 5. The monoisotopic (exact) mass is 456 g/mol. The molecule has 0 aliphatic carbocycles. The van der Waals surface area contributed by atoms with Crippen LogP contribution in [0.25, 0.3) is 10.8 Å². The molecule has 7 nitrogen and oxygen atoms in total. The minimum atomic E-state index is -1.20. The Morgan fingerprint density at radius 3 is 2.29 bits per heavy atom. The van der Waals surface area contributed by atoms with Gasteiger partial charge >= 0.3 is 6.03 Å². The first kappa shape index (κ1) is 22.1. The fourth-order valence-corrected chi connectivity index (χ4v) is 4.77. The van der Waals surface area contributed by atoms with Gasteiger partial charge in [0.15, 0.2) is 0 Å². The Balaban J connectivity index is 1.23. The molecule has 1 atom stereocenters. The number of nitrogens with one attached hydrogen (secondary N) is 1. The van der Waals surface area contributed by atoms with Crippen LogP contribution in [0.4, 0.5) is 4.79 Å². The first-order valence-electron chi connectivity index (χ1n) is 11.6. The van der Waals surface area contributed by atoms with Crippen LogP contribution < -0.4 is 5.32 Å². The molecule has 2 fully saturated rings. The van der Waals surface area contributed by atoms with Gasteiger partial charge in [0.1, 0.15) is 12.1 Å². The number of imide groups is 1. The van der Waals surface area contributed by atoms with Crippen LogP contribution in [0.2, 0.25) is 0 Å². The molecule has 2 heterocycles. The molecule has 0 aromatic heterocycles. The molecule has 3 aromatic carbocycles. The minimum absolute atomic E-state index is 0.203. The third kappa shape index (κ3) is 4.15. The molecule has 0 bridgehead atoms. The summed E-state index contributed by atoms with van der Waals surface area (Å²) in [5.74, 6) is -0.602. The second kappa shape index (κ2) is 8.91. The van der Waals surface area contributed by atoms with Crippen LogP contribution in [0, 0.1) is 0 Å². The van der Waals surface area contributed by atoms with Crippen molar-refractivity contribution in [1.82, 2.24) is 20.0 Å². The number of carbonyl (C=O) groups excluding carboxylic acids is 3. The molecule has 2 saturated heterocycles. The zero-order valence-corrected chi connectivity index (χ0v) is 19.2. The standard InChI is InChI=1S/C27H28N4O3/c1-27(23-12-11-21-9-5-6-10-22(21)17-23)25(33)31(26(34)28-27)19-24(32)30-15-13-29(14-16-30)18-20-7-3-2-4-8-20/h2-12,17H,13-16,18-19H2,1H3,(H,28,34)/t27-/m0/s1. The Kier molecular flexibility index (Phi) is 5.79. The lowest BCUT2D eigenvalue weighted by Crippen LogP contribution is -2.51. The first-order chi connectivity index (χ1) is 16.4. The third-order valence-electron chi connectivity index (χ3n) is 6.87. The summed E-state index contributed by atoms with van der Waals surface area (Å²) in [5.41, 5.74) is 0.749. The number of piperazine rings is 1. The Bertz CT molecular complexity index is 1240. The molecular formula is C27H28N4O3. The highest BCUT2D eigenvalue weighted by Crippen LogP contribution is 2.31. The lowest BCUT2D eigenvalue weighted by atomic mass is 9.90. The van der Waals surface area contributed by atoms with E-state index in [1.165, 1.54) is 5.56 Å². The van der Waals surface area contributed by atoms with E-state index in [1.807, 2.05) is 60.7 Å². The summed E-state index contributed by atoms with van der Waals surface area (Å²) in [6.45, 7) is 4.98. The number of benzene rings is 3. The topological polar surface area (TPSA) is 73.0 Å². The van der Waals surface area contributed by atoms with Gasteiger partial charge in [-0.3, -0.25) is 19.4 Å². The van der Waals surface area contributed by atoms with Gasteiger partial charge in [0.25, 0.3) is 5.91 Å². The molecular weight excluding hydrogens is 428 g/mol. The van der Waals surface area contributed by atoms with Crippen LogP contribution in [0.3, 0.4) is 0 Å². The van der Waals surface area contributed by atoms with Crippen LogP contribution in [0.1, 0.15) is 18.1 Å². The van der Waals surface area contributed by atoms with Gasteiger partial charge in [0.05, 0.1) is 0 Å². The Morgan fingerprint density at radius 1 is 0.882 bits per heavy atom. The van der Waals surface area contributed by atoms with Crippen molar-refractivity contribution < 1.29 is 14.4 Å². The number of urea groups is 1. The number of hydrogen-bond acceptors (Lipinski definition) is 4. The van der Waals surface area contributed by atoms with Gasteiger partial charge in [0.2, 0.25) is 5.91 Å². The summed E-state index contributed by atoms with van der Waals surface area (Å²) < 4.78 is 0. The predicted molar refractivity (Wildman–Crippen MR) is 130 cm³/mol. The van der Waals surface area contributed by atoms with Gasteiger partial charge in [0, 0.05) is 32.7 Å². The van der Waals surface area contributed by atoms with Crippen LogP contribution in [0.15, 0.2) is 72.8 Å². The summed E-state index contributed by atoms with van der Waals surface area (Å²) in [7, 11) is 0. The van der Waals surface area contributed by atoms with E-state index < -0.39 is 17.5 Å². The van der Waals surface area contributed by atoms with Crippen LogP contribution in [-0.4, -0.2) is 65.3 Å². The van der Waals surface area contributed by atoms with Gasteiger partial charge in [-0.25, -0.2) is 4.79 Å². The number of nitrogens with zero attached hydrogens (tertiary/aromatic N) is 3. The summed E-state index contributed by atoms with van der Waals surface area (Å²) >= 11 is 0. The SMILES string of the molecule is C[C@@]1(c2ccc3ccccc3c2)NC(=O)N(CC(=O)N2CCN(Cc3ccccc3)CC2)C1=O. The van der Waals surface area contributed by atoms with E-state index in [1.54, 1.807) is 11.8 Å². The highest BCUT2D eigenvalue weighted by atomic mass is 16.2. The first-order valence-corrected chi connectivity index (χ1v) is 11.6. The second-order valence-electron chi connectivity index (χ2n) is 9.15. The molecule has 2 aliphatic rings. The largest absolute Gasteiger partial charge is 0.339 e. The maximum absolute atomic E-state index is 13.3. The van der Waals surface area contributed by atoms with Crippen LogP contribution in [0.5, 0.6) is 0 Å². The number of carbonyl (C=O) groups is 3. The number of hydrogen-bond donors (Lipinski definition) is 1. The third-order valence-corrected chi connectivity index (χ3v) is 6.87. The smallest absolute Gasteiger partial charge is 0.325 e. The molecule has 4 amide bonds. The van der Waals surface area contributed by atoms with Gasteiger partial charge in [-0.15, -0.1) is 0 Å². The lowest BCUT2D eigenvalue weighted by molar-refractivity contribution is -0.139. The zero-order chi connectivity index (χ0) is 23.7. The van der Waals surface area contributed by atoms with Crippen molar-refractivity contribution in [3.63, 3.8) is 0 Å². The quantitative estimate of drug-likeness (QED) is 0.599. The Labute approximate surface area is 198 Å². The molecule has 0 saturated carbocycles. The van der Waals surface area contributed by atoms with Crippen LogP contribution in [-0.2, 0) is 21.7 Å². The fraction of sp³-hybridized carbons (Fsp3) is 0.296. The van der Waals surface area contributed by atoms with Crippen molar-refractivity contribution in [3.8, 4) is 0 Å². The predicted octanol–water partition coefficient (Wildman–Crippen LogP) is 2.95. The molecule has 34 heavy (non-hydrogen) atoms. The van der Waals surface area contributed by atoms with Gasteiger partial charge in [-0.05, 0) is 34.9 Å². The van der Waals surface area contributed by atoms with Crippen molar-refractivity contribution in [3.05, 3.63) is 83.9 Å². The van der Waals surface area contributed by atoms with Crippen molar-refractivity contribution >= 4 is 28.6 Å². The van der Waals surface area contributed by atoms with E-state index in [2.05, 4.69) is 22.3 Å². The molecule has 174 valence electrons. The van der Waals surface area contributed by atoms with Crippen molar-refractivity contribution in [2.24, 2.45) is 0 Å². The van der Waals surface area contributed by atoms with E-state index in [0.29, 0.717) is 18.7 Å². The minimum Gasteiger partial charge on any atom is -0.339 e. The van der Waals surface area contributed by atoms with E-state index in [9.17, 15) is 14.4 Å². The van der Waals surface area contributed by atoms with Gasteiger partial charge in [-0.2, -0.15) is 0 Å². The molecule has 0 radical (unpaired) electrons. The van der Waals surface area contributed by atoms with E-state index in [0.717, 1.165) is 35.3 Å². The lowest BCUT2D eigenvalue weighted by Gasteiger charge is -2.35. The molecule has 5 rings (SSSR count). The highest BCUT2D eigenvalue weighted by molar-refractivity contribution is 6.09. The summed E-state index contributed by atoms with van der Waals surface area (Å²) in [6, 6.07) is 23.3. The van der Waals surface area contributed by atoms with Crippen molar-refractivity contribution in [2.75, 3.05) is 32.7 Å². The molecule has 1 N–H and O–H groups in total. The second-order valence-corrected chi connectivity index (χ2v) is 9.15. The summed E-state index contributed by atoms with van der Waals surface area (Å²) in [4.78, 5) is 44.1. The van der Waals surface area contributed by atoms with Crippen molar-refractivity contribution in [1.29, 1.82) is 0 Å².